The molecule has 168 valence electrons. The molecule has 2 aromatic heterocycles. The summed E-state index contributed by atoms with van der Waals surface area (Å²) in [6.45, 7) is 1.54. The summed E-state index contributed by atoms with van der Waals surface area (Å²) < 4.78 is 55.7. The number of nitrogens with two attached hydrogens (primary N) is 2. The number of amidine groups is 1. The summed E-state index contributed by atoms with van der Waals surface area (Å²) in [6, 6.07) is 5.50. The Morgan fingerprint density at radius 3 is 2.59 bits per heavy atom. The van der Waals surface area contributed by atoms with Crippen LogP contribution in [0, 0.1) is 0 Å². The van der Waals surface area contributed by atoms with Gasteiger partial charge in [0.15, 0.2) is 12.5 Å². The molecule has 12 nitrogen and oxygen atoms in total. The number of hydrogen-bond donors (Lipinski definition) is 3. The number of azo groups is 1. The van der Waals surface area contributed by atoms with Gasteiger partial charge in [0.05, 0.1) is 5.56 Å². The Morgan fingerprint density at radius 2 is 1.94 bits per heavy atom. The van der Waals surface area contributed by atoms with E-state index in [0.717, 1.165) is 0 Å². The lowest BCUT2D eigenvalue weighted by Gasteiger charge is -2.19. The highest BCUT2D eigenvalue weighted by molar-refractivity contribution is 7.92. The lowest BCUT2D eigenvalue weighted by Crippen LogP contribution is -2.38. The summed E-state index contributed by atoms with van der Waals surface area (Å²) >= 11 is 0. The van der Waals surface area contributed by atoms with E-state index in [1.54, 1.807) is 42.0 Å². The van der Waals surface area contributed by atoms with E-state index < -0.39 is 35.9 Å². The van der Waals surface area contributed by atoms with E-state index in [1.807, 2.05) is 0 Å². The Morgan fingerprint density at radius 1 is 1.16 bits per heavy atom. The predicted octanol–water partition coefficient (Wildman–Crippen LogP) is 0.444. The van der Waals surface area contributed by atoms with Crippen LogP contribution in [0.4, 0.5) is 0 Å². The van der Waals surface area contributed by atoms with Crippen molar-refractivity contribution >= 4 is 31.5 Å². The van der Waals surface area contributed by atoms with Crippen molar-refractivity contribution in [3.63, 3.8) is 0 Å². The molecule has 3 aromatic rings. The molecule has 1 aromatic carbocycles. The number of pyridine rings is 1. The van der Waals surface area contributed by atoms with E-state index in [9.17, 15) is 16.8 Å². The zero-order valence-electron chi connectivity index (χ0n) is 16.9. The number of primary sulfonamides is 1. The first-order valence-electron chi connectivity index (χ1n) is 9.40. The van der Waals surface area contributed by atoms with Gasteiger partial charge >= 0.3 is 0 Å². The predicted molar refractivity (Wildman–Crippen MR) is 117 cm³/mol. The van der Waals surface area contributed by atoms with E-state index >= 15 is 0 Å². The molecule has 0 saturated carbocycles. The van der Waals surface area contributed by atoms with Crippen molar-refractivity contribution in [2.45, 2.75) is 22.8 Å². The number of nitrogens with one attached hydrogen (secondary N) is 1. The quantitative estimate of drug-likeness (QED) is 0.444. The van der Waals surface area contributed by atoms with Crippen LogP contribution < -0.4 is 15.6 Å². The van der Waals surface area contributed by atoms with Crippen LogP contribution in [0.5, 0.6) is 0 Å². The number of hydrogen-bond acceptors (Lipinski definition) is 9. The zero-order chi connectivity index (χ0) is 23.1. The van der Waals surface area contributed by atoms with Crippen molar-refractivity contribution in [3.8, 4) is 11.1 Å². The molecule has 14 heteroatoms. The van der Waals surface area contributed by atoms with Crippen LogP contribution in [0.3, 0.4) is 0 Å². The number of rotatable bonds is 7. The number of sulfonamides is 2. The summed E-state index contributed by atoms with van der Waals surface area (Å²) in [5.41, 5.74) is 6.87. The van der Waals surface area contributed by atoms with E-state index in [4.69, 9.17) is 10.9 Å². The third-order valence-electron chi connectivity index (χ3n) is 4.79. The van der Waals surface area contributed by atoms with Crippen molar-refractivity contribution in [1.82, 2.24) is 14.1 Å². The second-order valence-electron chi connectivity index (χ2n) is 7.06. The lowest BCUT2D eigenvalue weighted by atomic mass is 9.99. The van der Waals surface area contributed by atoms with E-state index in [0.29, 0.717) is 16.8 Å². The van der Waals surface area contributed by atoms with Gasteiger partial charge in [-0.25, -0.2) is 36.7 Å². The molecule has 1 atom stereocenters. The Hall–Kier alpha value is -3.04. The average Bonchev–Trinajstić information content (AvgIpc) is 3.43. The van der Waals surface area contributed by atoms with Gasteiger partial charge in [-0.2, -0.15) is 5.11 Å². The topological polar surface area (TPSA) is 187 Å². The largest absolute Gasteiger partial charge is 0.329 e. The molecule has 0 radical (unpaired) electrons. The molecule has 0 spiro atoms. The molecule has 1 aliphatic rings. The van der Waals surface area contributed by atoms with Gasteiger partial charge in [-0.05, 0) is 30.7 Å². The second-order valence-corrected chi connectivity index (χ2v) is 10.2. The SMILES string of the molecule is C[C@H](CN)NS(=O)(=O)c1ccc(-c2cccn3ccnc23)c(C2=NCN=N2)c1S(N)(=O)=O. The van der Waals surface area contributed by atoms with Gasteiger partial charge in [-0.15, -0.1) is 5.11 Å². The first kappa shape index (κ1) is 22.2. The maximum absolute atomic E-state index is 13.1. The van der Waals surface area contributed by atoms with Crippen LogP contribution in [0.1, 0.15) is 12.5 Å². The second kappa shape index (κ2) is 8.14. The van der Waals surface area contributed by atoms with E-state index in [2.05, 4.69) is 24.9 Å². The summed E-state index contributed by atoms with van der Waals surface area (Å²) in [4.78, 5) is 7.30. The zero-order valence-corrected chi connectivity index (χ0v) is 18.5. The summed E-state index contributed by atoms with van der Waals surface area (Å²) in [6.07, 6.45) is 5.08. The number of imidazole rings is 1. The lowest BCUT2D eigenvalue weighted by molar-refractivity contribution is 0.557. The monoisotopic (exact) mass is 476 g/mol. The van der Waals surface area contributed by atoms with Crippen molar-refractivity contribution in [2.75, 3.05) is 13.2 Å². The highest BCUT2D eigenvalue weighted by Crippen LogP contribution is 2.36. The Labute approximate surface area is 184 Å². The summed E-state index contributed by atoms with van der Waals surface area (Å²) in [5.74, 6) is -0.0403. The van der Waals surface area contributed by atoms with Crippen LogP contribution in [-0.2, 0) is 20.0 Å². The minimum absolute atomic E-state index is 0.0116. The normalized spacial score (nSPS) is 15.3. The molecule has 0 unspecified atom stereocenters. The summed E-state index contributed by atoms with van der Waals surface area (Å²) in [5, 5.41) is 13.2. The highest BCUT2D eigenvalue weighted by atomic mass is 32.2. The van der Waals surface area contributed by atoms with E-state index in [1.165, 1.54) is 12.1 Å². The molecular formula is C18H20N8O4S2. The van der Waals surface area contributed by atoms with Gasteiger partial charge in [-0.1, -0.05) is 6.07 Å². The van der Waals surface area contributed by atoms with Gasteiger partial charge < -0.3 is 10.1 Å². The maximum Gasteiger partial charge on any atom is 0.242 e. The van der Waals surface area contributed by atoms with Crippen molar-refractivity contribution in [2.24, 2.45) is 26.1 Å². The fourth-order valence-corrected chi connectivity index (χ4v) is 6.26. The molecule has 0 bridgehead atoms. The van der Waals surface area contributed by atoms with Crippen LogP contribution in [-0.4, -0.2) is 51.3 Å². The van der Waals surface area contributed by atoms with Crippen LogP contribution >= 0.6 is 0 Å². The van der Waals surface area contributed by atoms with Gasteiger partial charge in [-0.3, -0.25) is 0 Å². The van der Waals surface area contributed by atoms with Gasteiger partial charge in [0.2, 0.25) is 20.0 Å². The summed E-state index contributed by atoms with van der Waals surface area (Å²) in [7, 11) is -8.86. The number of fused-ring (bicyclic) bond motifs is 1. The van der Waals surface area contributed by atoms with Crippen LogP contribution in [0.15, 0.2) is 67.9 Å². The first-order valence-corrected chi connectivity index (χ1v) is 12.4. The molecule has 0 amide bonds. The third kappa shape index (κ3) is 3.93. The molecule has 4 rings (SSSR count). The standard InChI is InChI=1S/C18H20N8O4S2/c1-11(9-19)25-32(29,30)14-5-4-12(13-3-2-7-26-8-6-21-18(13)26)15(16(14)31(20,27)28)17-22-10-23-24-17/h2-8,11,25H,9-10,19H2,1H3,(H2,20,27,28)/t11-/m1/s1. The first-order chi connectivity index (χ1) is 15.1. The highest BCUT2D eigenvalue weighted by Gasteiger charge is 2.33. The number of nitrogens with zero attached hydrogens (tertiary/aromatic N) is 5. The minimum Gasteiger partial charge on any atom is -0.329 e. The Kier molecular flexibility index (Phi) is 5.64. The molecule has 0 fully saturated rings. The maximum atomic E-state index is 13.1. The number of aliphatic imine (C=N–C) groups is 1. The smallest absolute Gasteiger partial charge is 0.242 e. The van der Waals surface area contributed by atoms with E-state index in [-0.39, 0.29) is 24.6 Å². The molecule has 32 heavy (non-hydrogen) atoms. The van der Waals surface area contributed by atoms with Crippen molar-refractivity contribution in [1.29, 1.82) is 0 Å². The Bertz CT molecular complexity index is 1480. The molecule has 0 saturated heterocycles. The fraction of sp³-hybridized carbons (Fsp3) is 0.222. The minimum atomic E-state index is -4.56. The van der Waals surface area contributed by atoms with Crippen molar-refractivity contribution < 1.29 is 16.8 Å². The molecular weight excluding hydrogens is 456 g/mol. The van der Waals surface area contributed by atoms with Gasteiger partial charge in [0.1, 0.15) is 15.4 Å². The van der Waals surface area contributed by atoms with Crippen LogP contribution in [0.2, 0.25) is 0 Å². The molecule has 1 aliphatic heterocycles. The molecule has 5 N–H and O–H groups in total. The number of benzene rings is 1. The molecule has 3 heterocycles. The van der Waals surface area contributed by atoms with Gasteiger partial charge in [0.25, 0.3) is 0 Å². The van der Waals surface area contributed by atoms with Crippen LogP contribution in [0.25, 0.3) is 16.8 Å². The van der Waals surface area contributed by atoms with Crippen molar-refractivity contribution in [3.05, 3.63) is 48.4 Å². The molecule has 0 aliphatic carbocycles. The van der Waals surface area contributed by atoms with Gasteiger partial charge in [0, 0.05) is 36.7 Å². The third-order valence-corrected chi connectivity index (χ3v) is 7.54. The Balaban J connectivity index is 2.10. The average molecular weight is 477 g/mol. The fourth-order valence-electron chi connectivity index (χ4n) is 3.40. The number of aromatic nitrogens is 2.